The minimum absolute atomic E-state index is 0.256. The summed E-state index contributed by atoms with van der Waals surface area (Å²) in [6.45, 7) is 1.60. The number of halogens is 5. The Morgan fingerprint density at radius 3 is 2.61 bits per heavy atom. The number of nitrogens with one attached hydrogen (secondary N) is 1. The molecule has 3 rings (SSSR count). The van der Waals surface area contributed by atoms with E-state index in [-0.39, 0.29) is 16.7 Å². The second-order valence-electron chi connectivity index (χ2n) is 6.37. The van der Waals surface area contributed by atoms with Crippen molar-refractivity contribution < 1.29 is 26.7 Å². The lowest BCUT2D eigenvalue weighted by Gasteiger charge is -2.25. The number of rotatable bonds is 3. The van der Waals surface area contributed by atoms with E-state index in [0.717, 1.165) is 23.2 Å². The van der Waals surface area contributed by atoms with Gasteiger partial charge in [-0.15, -0.1) is 0 Å². The fraction of sp³-hybridized carbons (Fsp3) is 0.278. The third-order valence-electron chi connectivity index (χ3n) is 4.28. The Hall–Kier alpha value is -3.04. The summed E-state index contributed by atoms with van der Waals surface area (Å²) in [5.41, 5.74) is -2.11. The number of nitrogens with zero attached hydrogens (tertiary/aromatic N) is 3. The Bertz CT molecular complexity index is 977. The maximum Gasteiger partial charge on any atom is 0.435 e. The molecule has 2 atom stereocenters. The van der Waals surface area contributed by atoms with Crippen molar-refractivity contribution in [3.05, 3.63) is 65.3 Å². The largest absolute Gasteiger partial charge is 0.435 e. The van der Waals surface area contributed by atoms with E-state index < -0.39 is 41.4 Å². The Balaban J connectivity index is 1.87. The lowest BCUT2D eigenvalue weighted by Crippen LogP contribution is -2.39. The second kappa shape index (κ2) is 7.17. The fourth-order valence-corrected chi connectivity index (χ4v) is 2.92. The molecular formula is C18H15F5N4O. The van der Waals surface area contributed by atoms with Crippen LogP contribution >= 0.6 is 0 Å². The molecule has 0 spiro atoms. The Morgan fingerprint density at radius 2 is 1.96 bits per heavy atom. The first-order valence-corrected chi connectivity index (χ1v) is 8.19. The predicted molar refractivity (Wildman–Crippen MR) is 90.0 cm³/mol. The van der Waals surface area contributed by atoms with Crippen molar-refractivity contribution in [1.29, 1.82) is 0 Å². The molecule has 1 aliphatic rings. The molecule has 1 amide bonds. The lowest BCUT2D eigenvalue weighted by molar-refractivity contribution is -0.141. The third kappa shape index (κ3) is 3.80. The summed E-state index contributed by atoms with van der Waals surface area (Å²) in [6, 6.07) is 0.305. The van der Waals surface area contributed by atoms with E-state index in [2.05, 4.69) is 15.4 Å². The zero-order valence-electron chi connectivity index (χ0n) is 14.8. The van der Waals surface area contributed by atoms with Gasteiger partial charge in [0.05, 0.1) is 17.8 Å². The van der Waals surface area contributed by atoms with E-state index in [9.17, 15) is 26.7 Å². The van der Waals surface area contributed by atoms with Crippen molar-refractivity contribution in [3.8, 4) is 0 Å². The molecule has 1 N–H and O–H groups in total. The van der Waals surface area contributed by atoms with Crippen LogP contribution in [-0.2, 0) is 13.2 Å². The van der Waals surface area contributed by atoms with Gasteiger partial charge >= 0.3 is 6.18 Å². The van der Waals surface area contributed by atoms with Gasteiger partial charge in [-0.2, -0.15) is 18.3 Å². The molecule has 2 aromatic heterocycles. The standard InChI is InChI=1S/C18H15F5N4O/c1-9-5-11(12-8-27(2)26-16(12)18(21,22)23)13(19)6-15(9)25-17(28)10-3-4-24-7-14(10)20/h3-9,15H,1-2H3,(H,25,28). The minimum atomic E-state index is -4.75. The molecule has 2 heterocycles. The first-order chi connectivity index (χ1) is 13.1. The molecule has 28 heavy (non-hydrogen) atoms. The number of amides is 1. The molecule has 0 radical (unpaired) electrons. The maximum absolute atomic E-state index is 14.6. The molecule has 0 saturated carbocycles. The Labute approximate surface area is 156 Å². The number of aromatic nitrogens is 3. The molecule has 5 nitrogen and oxygen atoms in total. The smallest absolute Gasteiger partial charge is 0.345 e. The van der Waals surface area contributed by atoms with Crippen molar-refractivity contribution in [1.82, 2.24) is 20.1 Å². The average molecular weight is 398 g/mol. The van der Waals surface area contributed by atoms with Gasteiger partial charge in [-0.05, 0) is 18.1 Å². The van der Waals surface area contributed by atoms with Gasteiger partial charge in [0.1, 0.15) is 5.83 Å². The van der Waals surface area contributed by atoms with Crippen LogP contribution in [0.1, 0.15) is 28.5 Å². The van der Waals surface area contributed by atoms with Crippen LogP contribution in [0.25, 0.3) is 5.57 Å². The molecule has 0 bridgehead atoms. The first-order valence-electron chi connectivity index (χ1n) is 8.19. The summed E-state index contributed by atoms with van der Waals surface area (Å²) >= 11 is 0. The van der Waals surface area contributed by atoms with E-state index in [0.29, 0.717) is 0 Å². The molecule has 2 unspecified atom stereocenters. The summed E-state index contributed by atoms with van der Waals surface area (Å²) in [5.74, 6) is -3.11. The number of hydrogen-bond acceptors (Lipinski definition) is 3. The summed E-state index contributed by atoms with van der Waals surface area (Å²) in [6.07, 6.45) is 0.733. The van der Waals surface area contributed by atoms with E-state index in [1.807, 2.05) is 0 Å². The summed E-state index contributed by atoms with van der Waals surface area (Å²) < 4.78 is 68.8. The van der Waals surface area contributed by atoms with Crippen LogP contribution in [0.2, 0.25) is 0 Å². The van der Waals surface area contributed by atoms with Crippen LogP contribution in [-0.4, -0.2) is 26.7 Å². The van der Waals surface area contributed by atoms with Crippen LogP contribution in [0.3, 0.4) is 0 Å². The number of carbonyl (C=O) groups is 1. The molecule has 148 valence electrons. The number of hydrogen-bond donors (Lipinski definition) is 1. The van der Waals surface area contributed by atoms with Crippen LogP contribution < -0.4 is 5.32 Å². The highest BCUT2D eigenvalue weighted by Crippen LogP contribution is 2.39. The topological polar surface area (TPSA) is 59.8 Å². The van der Waals surface area contributed by atoms with E-state index >= 15 is 0 Å². The van der Waals surface area contributed by atoms with Gasteiger partial charge < -0.3 is 5.32 Å². The highest BCUT2D eigenvalue weighted by Gasteiger charge is 2.39. The number of carbonyl (C=O) groups excluding carboxylic acids is 1. The van der Waals surface area contributed by atoms with E-state index in [1.54, 1.807) is 6.92 Å². The molecule has 2 aromatic rings. The average Bonchev–Trinajstić information content (AvgIpc) is 3.00. The quantitative estimate of drug-likeness (QED) is 0.803. The zero-order valence-corrected chi connectivity index (χ0v) is 14.8. The van der Waals surface area contributed by atoms with Gasteiger partial charge in [-0.25, -0.2) is 8.78 Å². The van der Waals surface area contributed by atoms with E-state index in [4.69, 9.17) is 0 Å². The summed E-state index contributed by atoms with van der Waals surface area (Å²) in [7, 11) is 1.31. The molecule has 0 aromatic carbocycles. The number of allylic oxidation sites excluding steroid dienone is 2. The fourth-order valence-electron chi connectivity index (χ4n) is 2.92. The molecule has 1 aliphatic carbocycles. The Kier molecular flexibility index (Phi) is 5.05. The first kappa shape index (κ1) is 19.7. The van der Waals surface area contributed by atoms with E-state index in [1.165, 1.54) is 25.4 Å². The molecule has 0 fully saturated rings. The number of aryl methyl sites for hydroxylation is 1. The van der Waals surface area contributed by atoms with Gasteiger partial charge in [0.2, 0.25) is 0 Å². The van der Waals surface area contributed by atoms with Crippen molar-refractivity contribution in [2.75, 3.05) is 0 Å². The van der Waals surface area contributed by atoms with Gasteiger partial charge in [0.25, 0.3) is 5.91 Å². The SMILES string of the molecule is CC1C=C(c2cn(C)nc2C(F)(F)F)C(F)=CC1NC(=O)c1ccncc1F. The van der Waals surface area contributed by atoms with Crippen molar-refractivity contribution in [2.24, 2.45) is 13.0 Å². The minimum Gasteiger partial charge on any atom is -0.345 e. The highest BCUT2D eigenvalue weighted by molar-refractivity contribution is 5.95. The number of pyridine rings is 1. The molecule has 10 heteroatoms. The number of alkyl halides is 3. The van der Waals surface area contributed by atoms with Gasteiger partial charge in [-0.1, -0.05) is 13.0 Å². The van der Waals surface area contributed by atoms with Crippen LogP contribution in [0.5, 0.6) is 0 Å². The van der Waals surface area contributed by atoms with Crippen LogP contribution in [0.15, 0.2) is 42.6 Å². The zero-order chi connectivity index (χ0) is 20.6. The monoisotopic (exact) mass is 398 g/mol. The van der Waals surface area contributed by atoms with Crippen molar-refractivity contribution >= 4 is 11.5 Å². The lowest BCUT2D eigenvalue weighted by atomic mass is 9.89. The van der Waals surface area contributed by atoms with Gasteiger partial charge in [0, 0.05) is 30.6 Å². The van der Waals surface area contributed by atoms with Crippen molar-refractivity contribution in [2.45, 2.75) is 19.1 Å². The second-order valence-corrected chi connectivity index (χ2v) is 6.37. The summed E-state index contributed by atoms with van der Waals surface area (Å²) in [5, 5.41) is 5.84. The molecule has 0 saturated heterocycles. The van der Waals surface area contributed by atoms with Crippen LogP contribution in [0, 0.1) is 11.7 Å². The molecule has 0 aliphatic heterocycles. The van der Waals surface area contributed by atoms with Gasteiger partial charge in [0.15, 0.2) is 11.5 Å². The predicted octanol–water partition coefficient (Wildman–Crippen LogP) is 3.66. The highest BCUT2D eigenvalue weighted by atomic mass is 19.4. The maximum atomic E-state index is 14.6. The molecular weight excluding hydrogens is 383 g/mol. The third-order valence-corrected chi connectivity index (χ3v) is 4.28. The van der Waals surface area contributed by atoms with Crippen molar-refractivity contribution in [3.63, 3.8) is 0 Å². The Morgan fingerprint density at radius 1 is 1.25 bits per heavy atom. The normalized spacial score (nSPS) is 19.8. The van der Waals surface area contributed by atoms with Crippen LogP contribution in [0.4, 0.5) is 22.0 Å². The van der Waals surface area contributed by atoms with Gasteiger partial charge in [-0.3, -0.25) is 14.5 Å². The summed E-state index contributed by atoms with van der Waals surface area (Å²) in [4.78, 5) is 15.8.